The summed E-state index contributed by atoms with van der Waals surface area (Å²) in [5.41, 5.74) is 0.375. The normalized spacial score (nSPS) is 11.8. The number of carbonyl (C=O) groups excluding carboxylic acids is 1. The summed E-state index contributed by atoms with van der Waals surface area (Å²) >= 11 is 1.26. The summed E-state index contributed by atoms with van der Waals surface area (Å²) < 4.78 is 5.69. The van der Waals surface area contributed by atoms with Crippen LogP contribution in [0.25, 0.3) is 0 Å². The van der Waals surface area contributed by atoms with Gasteiger partial charge < -0.3 is 4.74 Å². The number of ether oxygens (including phenoxy) is 1. The van der Waals surface area contributed by atoms with Gasteiger partial charge in [0.2, 0.25) is 0 Å². The third-order valence-corrected chi connectivity index (χ3v) is 3.91. The van der Waals surface area contributed by atoms with Gasteiger partial charge in [-0.05, 0) is 12.3 Å². The molecule has 0 bridgehead atoms. The first-order chi connectivity index (χ1) is 8.76. The van der Waals surface area contributed by atoms with E-state index in [1.807, 2.05) is 6.07 Å². The minimum atomic E-state index is 0.375. The van der Waals surface area contributed by atoms with E-state index in [1.165, 1.54) is 24.2 Å². The Morgan fingerprint density at radius 2 is 2.33 bits per heavy atom. The SMILES string of the molecule is CCCCC(CC)COc1csc(C=O)c1C#N. The average Bonchev–Trinajstić information content (AvgIpc) is 2.81. The predicted molar refractivity (Wildman–Crippen MR) is 73.2 cm³/mol. The van der Waals surface area contributed by atoms with E-state index >= 15 is 0 Å². The zero-order valence-electron chi connectivity index (χ0n) is 10.9. The quantitative estimate of drug-likeness (QED) is 0.667. The Kier molecular flexibility index (Phi) is 6.45. The summed E-state index contributed by atoms with van der Waals surface area (Å²) in [6, 6.07) is 2.03. The minimum absolute atomic E-state index is 0.375. The van der Waals surface area contributed by atoms with Crippen LogP contribution in [0.4, 0.5) is 0 Å². The second-order valence-electron chi connectivity index (χ2n) is 4.30. The number of nitrogens with zero attached hydrogens (tertiary/aromatic N) is 1. The number of aldehydes is 1. The Morgan fingerprint density at radius 1 is 1.56 bits per heavy atom. The molecule has 0 radical (unpaired) electrons. The molecular formula is C14H19NO2S. The second kappa shape index (κ2) is 7.88. The van der Waals surface area contributed by atoms with E-state index in [0.29, 0.717) is 35.0 Å². The Balaban J connectivity index is 2.59. The van der Waals surface area contributed by atoms with Gasteiger partial charge in [0.1, 0.15) is 17.4 Å². The summed E-state index contributed by atoms with van der Waals surface area (Å²) in [7, 11) is 0. The molecule has 1 heterocycles. The predicted octanol–water partition coefficient (Wildman–Crippen LogP) is 4.03. The zero-order valence-corrected chi connectivity index (χ0v) is 11.8. The summed E-state index contributed by atoms with van der Waals surface area (Å²) in [5, 5.41) is 10.7. The van der Waals surface area contributed by atoms with E-state index in [-0.39, 0.29) is 0 Å². The molecule has 0 fully saturated rings. The maximum absolute atomic E-state index is 10.7. The van der Waals surface area contributed by atoms with E-state index in [4.69, 9.17) is 10.00 Å². The van der Waals surface area contributed by atoms with Crippen LogP contribution in [-0.4, -0.2) is 12.9 Å². The fourth-order valence-electron chi connectivity index (χ4n) is 1.77. The van der Waals surface area contributed by atoms with Crippen LogP contribution in [0.2, 0.25) is 0 Å². The lowest BCUT2D eigenvalue weighted by atomic mass is 10.0. The topological polar surface area (TPSA) is 50.1 Å². The third-order valence-electron chi connectivity index (χ3n) is 3.02. The van der Waals surface area contributed by atoms with Crippen molar-refractivity contribution >= 4 is 17.6 Å². The molecule has 18 heavy (non-hydrogen) atoms. The van der Waals surface area contributed by atoms with E-state index in [2.05, 4.69) is 13.8 Å². The lowest BCUT2D eigenvalue weighted by molar-refractivity contribution is 0.112. The lowest BCUT2D eigenvalue weighted by Crippen LogP contribution is -2.11. The Bertz CT molecular complexity index is 420. The van der Waals surface area contributed by atoms with E-state index in [0.717, 1.165) is 12.8 Å². The van der Waals surface area contributed by atoms with Gasteiger partial charge in [-0.3, -0.25) is 4.79 Å². The van der Waals surface area contributed by atoms with E-state index < -0.39 is 0 Å². The number of thiophene rings is 1. The number of rotatable bonds is 8. The highest BCUT2D eigenvalue weighted by Gasteiger charge is 2.14. The highest BCUT2D eigenvalue weighted by molar-refractivity contribution is 7.12. The van der Waals surface area contributed by atoms with Gasteiger partial charge in [0.25, 0.3) is 0 Å². The molecule has 0 amide bonds. The highest BCUT2D eigenvalue weighted by Crippen LogP contribution is 2.28. The largest absolute Gasteiger partial charge is 0.491 e. The Labute approximate surface area is 112 Å². The first-order valence-corrected chi connectivity index (χ1v) is 7.24. The van der Waals surface area contributed by atoms with Gasteiger partial charge >= 0.3 is 0 Å². The molecule has 1 unspecified atom stereocenters. The molecule has 1 aromatic heterocycles. The molecule has 0 aliphatic heterocycles. The maximum Gasteiger partial charge on any atom is 0.161 e. The van der Waals surface area contributed by atoms with Gasteiger partial charge in [0.05, 0.1) is 11.5 Å². The van der Waals surface area contributed by atoms with Crippen molar-refractivity contribution in [2.45, 2.75) is 39.5 Å². The van der Waals surface area contributed by atoms with Gasteiger partial charge in [-0.1, -0.05) is 33.1 Å². The zero-order chi connectivity index (χ0) is 13.4. The summed E-state index contributed by atoms with van der Waals surface area (Å²) in [5.74, 6) is 1.08. The Hall–Kier alpha value is -1.34. The van der Waals surface area contributed by atoms with Crippen LogP contribution in [0.5, 0.6) is 5.75 Å². The molecule has 3 nitrogen and oxygen atoms in total. The van der Waals surface area contributed by atoms with Crippen molar-refractivity contribution in [3.63, 3.8) is 0 Å². The maximum atomic E-state index is 10.7. The van der Waals surface area contributed by atoms with Crippen LogP contribution in [0.15, 0.2) is 5.38 Å². The number of carbonyl (C=O) groups is 1. The lowest BCUT2D eigenvalue weighted by Gasteiger charge is -2.14. The van der Waals surface area contributed by atoms with Gasteiger partial charge in [0, 0.05) is 5.38 Å². The number of nitriles is 1. The van der Waals surface area contributed by atoms with Gasteiger partial charge in [-0.2, -0.15) is 5.26 Å². The molecule has 0 spiro atoms. The first kappa shape index (κ1) is 14.7. The molecule has 0 saturated heterocycles. The fraction of sp³-hybridized carbons (Fsp3) is 0.571. The number of unbranched alkanes of at least 4 members (excludes halogenated alkanes) is 1. The van der Waals surface area contributed by atoms with Crippen molar-refractivity contribution in [3.8, 4) is 11.8 Å². The number of hydrogen-bond donors (Lipinski definition) is 0. The van der Waals surface area contributed by atoms with Gasteiger partial charge in [0.15, 0.2) is 6.29 Å². The molecule has 1 aromatic rings. The van der Waals surface area contributed by atoms with Crippen molar-refractivity contribution in [3.05, 3.63) is 15.8 Å². The molecule has 98 valence electrons. The van der Waals surface area contributed by atoms with Crippen LogP contribution in [0.1, 0.15) is 54.8 Å². The molecule has 0 aliphatic carbocycles. The van der Waals surface area contributed by atoms with E-state index in [1.54, 1.807) is 5.38 Å². The van der Waals surface area contributed by atoms with Crippen LogP contribution in [-0.2, 0) is 0 Å². The fourth-order valence-corrected chi connectivity index (χ4v) is 2.50. The average molecular weight is 265 g/mol. The standard InChI is InChI=1S/C14H19NO2S/c1-3-5-6-11(4-2)9-17-13-10-18-14(8-16)12(13)7-15/h8,10-11H,3-6,9H2,1-2H3. The summed E-state index contributed by atoms with van der Waals surface area (Å²) in [6.45, 7) is 4.95. The van der Waals surface area contributed by atoms with Crippen LogP contribution >= 0.6 is 11.3 Å². The third kappa shape index (κ3) is 3.85. The van der Waals surface area contributed by atoms with Crippen LogP contribution < -0.4 is 4.74 Å². The summed E-state index contributed by atoms with van der Waals surface area (Å²) in [4.78, 5) is 11.2. The Morgan fingerprint density at radius 3 is 2.89 bits per heavy atom. The molecule has 0 aliphatic rings. The van der Waals surface area contributed by atoms with Crippen molar-refractivity contribution in [1.82, 2.24) is 0 Å². The molecule has 1 atom stereocenters. The molecule has 0 aromatic carbocycles. The van der Waals surface area contributed by atoms with Crippen molar-refractivity contribution in [1.29, 1.82) is 5.26 Å². The first-order valence-electron chi connectivity index (χ1n) is 6.36. The van der Waals surface area contributed by atoms with E-state index in [9.17, 15) is 4.79 Å². The van der Waals surface area contributed by atoms with Gasteiger partial charge in [-0.25, -0.2) is 0 Å². The number of hydrogen-bond acceptors (Lipinski definition) is 4. The summed E-state index contributed by atoms with van der Waals surface area (Å²) in [6.07, 6.45) is 5.33. The second-order valence-corrected chi connectivity index (χ2v) is 5.21. The van der Waals surface area contributed by atoms with Crippen molar-refractivity contribution in [2.75, 3.05) is 6.61 Å². The molecule has 0 saturated carbocycles. The van der Waals surface area contributed by atoms with Crippen molar-refractivity contribution < 1.29 is 9.53 Å². The minimum Gasteiger partial charge on any atom is -0.491 e. The van der Waals surface area contributed by atoms with Crippen LogP contribution in [0.3, 0.4) is 0 Å². The van der Waals surface area contributed by atoms with Gasteiger partial charge in [-0.15, -0.1) is 11.3 Å². The van der Waals surface area contributed by atoms with Crippen LogP contribution in [0, 0.1) is 17.2 Å². The molecule has 4 heteroatoms. The van der Waals surface area contributed by atoms with Crippen molar-refractivity contribution in [2.24, 2.45) is 5.92 Å². The molecule has 0 N–H and O–H groups in total. The smallest absolute Gasteiger partial charge is 0.161 e. The highest BCUT2D eigenvalue weighted by atomic mass is 32.1. The molecular weight excluding hydrogens is 246 g/mol. The molecule has 1 rings (SSSR count). The monoisotopic (exact) mass is 265 g/mol.